The molecule has 0 radical (unpaired) electrons. The maximum atomic E-state index is 13.6. The lowest BCUT2D eigenvalue weighted by Gasteiger charge is -2.19. The van der Waals surface area contributed by atoms with Crippen molar-refractivity contribution >= 4 is 5.91 Å². The van der Waals surface area contributed by atoms with Gasteiger partial charge < -0.3 is 4.90 Å². The molecule has 0 fully saturated rings. The van der Waals surface area contributed by atoms with Crippen molar-refractivity contribution in [3.8, 4) is 0 Å². The third-order valence-corrected chi connectivity index (χ3v) is 2.42. The van der Waals surface area contributed by atoms with E-state index in [-0.39, 0.29) is 18.1 Å². The number of hydrogen-bond acceptors (Lipinski definition) is 2. The van der Waals surface area contributed by atoms with E-state index in [0.29, 0.717) is 5.69 Å². The Morgan fingerprint density at radius 1 is 1.53 bits per heavy atom. The Bertz CT molecular complexity index is 413. The summed E-state index contributed by atoms with van der Waals surface area (Å²) in [7, 11) is 1.37. The van der Waals surface area contributed by atoms with Gasteiger partial charge in [0.25, 0.3) is 0 Å². The number of rotatable bonds is 0. The summed E-state index contributed by atoms with van der Waals surface area (Å²) in [6, 6.07) is 1.33. The van der Waals surface area contributed by atoms with Gasteiger partial charge in [-0.3, -0.25) is 9.48 Å². The van der Waals surface area contributed by atoms with Crippen LogP contribution in [0.25, 0.3) is 0 Å². The third kappa shape index (κ3) is 1.60. The molecule has 4 nitrogen and oxygen atoms in total. The highest BCUT2D eigenvalue weighted by atomic mass is 19.3. The van der Waals surface area contributed by atoms with Crippen molar-refractivity contribution in [2.45, 2.75) is 19.4 Å². The number of aromatic nitrogens is 2. The van der Waals surface area contributed by atoms with Gasteiger partial charge in [-0.05, 0) is 13.0 Å². The van der Waals surface area contributed by atoms with Crippen LogP contribution in [0.3, 0.4) is 0 Å². The molecule has 15 heavy (non-hydrogen) atoms. The highest BCUT2D eigenvalue weighted by Crippen LogP contribution is 2.31. The monoisotopic (exact) mass is 215 g/mol. The highest BCUT2D eigenvalue weighted by molar-refractivity contribution is 5.76. The number of nitrogens with zero attached hydrogens (tertiary/aromatic N) is 3. The molecule has 1 aliphatic rings. The molecular weight excluding hydrogens is 204 g/mol. The Kier molecular flexibility index (Phi) is 2.02. The Morgan fingerprint density at radius 2 is 2.20 bits per heavy atom. The summed E-state index contributed by atoms with van der Waals surface area (Å²) in [5.41, 5.74) is 0.319. The zero-order valence-corrected chi connectivity index (χ0v) is 8.50. The van der Waals surface area contributed by atoms with Crippen molar-refractivity contribution in [1.29, 1.82) is 0 Å². The van der Waals surface area contributed by atoms with Crippen LogP contribution in [0, 0.1) is 6.92 Å². The van der Waals surface area contributed by atoms with Crippen molar-refractivity contribution < 1.29 is 13.6 Å². The second kappa shape index (κ2) is 3.01. The van der Waals surface area contributed by atoms with Gasteiger partial charge >= 0.3 is 5.92 Å². The minimum atomic E-state index is -3.03. The second-order valence-electron chi connectivity index (χ2n) is 3.78. The van der Waals surface area contributed by atoms with Crippen LogP contribution in [-0.4, -0.2) is 34.2 Å². The van der Waals surface area contributed by atoms with Gasteiger partial charge in [0.1, 0.15) is 12.2 Å². The predicted molar refractivity (Wildman–Crippen MR) is 48.5 cm³/mol. The Labute approximate surface area is 85.5 Å². The fourth-order valence-corrected chi connectivity index (χ4v) is 1.68. The number of carbonyl (C=O) groups excluding carboxylic acids is 1. The Hall–Kier alpha value is -1.46. The number of amides is 1. The van der Waals surface area contributed by atoms with E-state index in [2.05, 4.69) is 5.10 Å². The van der Waals surface area contributed by atoms with Gasteiger partial charge in [0.2, 0.25) is 5.91 Å². The van der Waals surface area contributed by atoms with Gasteiger partial charge in [0, 0.05) is 7.05 Å². The van der Waals surface area contributed by atoms with Crippen molar-refractivity contribution in [1.82, 2.24) is 14.7 Å². The maximum Gasteiger partial charge on any atom is 0.306 e. The molecule has 0 saturated heterocycles. The first-order chi connectivity index (χ1) is 6.90. The molecule has 1 amide bonds. The van der Waals surface area contributed by atoms with Crippen LogP contribution < -0.4 is 0 Å². The number of fused-ring (bicyclic) bond motifs is 1. The van der Waals surface area contributed by atoms with Crippen LogP contribution in [0.2, 0.25) is 0 Å². The number of halogens is 2. The molecule has 0 atom stereocenters. The average Bonchev–Trinajstić information content (AvgIpc) is 2.43. The fourth-order valence-electron chi connectivity index (χ4n) is 1.68. The van der Waals surface area contributed by atoms with Gasteiger partial charge in [-0.1, -0.05) is 0 Å². The van der Waals surface area contributed by atoms with Crippen LogP contribution in [0.15, 0.2) is 6.07 Å². The number of likely N-dealkylation sites (N-methyl/N-ethyl adjacent to an activating group) is 1. The van der Waals surface area contributed by atoms with Crippen LogP contribution in [-0.2, 0) is 17.3 Å². The summed E-state index contributed by atoms with van der Waals surface area (Å²) in [6.45, 7) is 0.929. The van der Waals surface area contributed by atoms with E-state index in [1.807, 2.05) is 0 Å². The van der Waals surface area contributed by atoms with Crippen LogP contribution in [0.1, 0.15) is 11.4 Å². The van der Waals surface area contributed by atoms with Crippen molar-refractivity contribution in [2.24, 2.45) is 0 Å². The van der Waals surface area contributed by atoms with Crippen LogP contribution >= 0.6 is 0 Å². The average molecular weight is 215 g/mol. The third-order valence-electron chi connectivity index (χ3n) is 2.42. The first kappa shape index (κ1) is 10.1. The molecule has 0 N–H and O–H groups in total. The van der Waals surface area contributed by atoms with Crippen LogP contribution in [0.5, 0.6) is 0 Å². The van der Waals surface area contributed by atoms with Gasteiger partial charge in [0.05, 0.1) is 12.2 Å². The van der Waals surface area contributed by atoms with Gasteiger partial charge in [-0.15, -0.1) is 0 Å². The lowest BCUT2D eigenvalue weighted by atomic mass is 10.2. The van der Waals surface area contributed by atoms with Gasteiger partial charge in [-0.2, -0.15) is 13.9 Å². The topological polar surface area (TPSA) is 38.1 Å². The zero-order valence-electron chi connectivity index (χ0n) is 8.50. The van der Waals surface area contributed by atoms with Gasteiger partial charge in [0.15, 0.2) is 0 Å². The molecule has 0 bridgehead atoms. The summed E-state index contributed by atoms with van der Waals surface area (Å²) in [5.74, 6) is -3.38. The minimum absolute atomic E-state index is 0.116. The predicted octanol–water partition coefficient (Wildman–Crippen LogP) is 0.755. The van der Waals surface area contributed by atoms with Crippen molar-refractivity contribution in [2.75, 3.05) is 13.6 Å². The molecule has 1 aromatic heterocycles. The second-order valence-corrected chi connectivity index (χ2v) is 3.78. The lowest BCUT2D eigenvalue weighted by molar-refractivity contribution is -0.133. The molecule has 2 heterocycles. The molecule has 1 aromatic rings. The normalized spacial score (nSPS) is 20.0. The quantitative estimate of drug-likeness (QED) is 0.640. The number of aryl methyl sites for hydroxylation is 1. The van der Waals surface area contributed by atoms with Crippen LogP contribution in [0.4, 0.5) is 8.78 Å². The molecule has 0 unspecified atom stereocenters. The first-order valence-corrected chi connectivity index (χ1v) is 4.57. The van der Waals surface area contributed by atoms with E-state index in [1.54, 1.807) is 6.92 Å². The summed E-state index contributed by atoms with van der Waals surface area (Å²) in [5, 5.41) is 3.88. The molecular formula is C9H11F2N3O. The summed E-state index contributed by atoms with van der Waals surface area (Å²) in [6.07, 6.45) is 0. The molecule has 0 aliphatic carbocycles. The minimum Gasteiger partial charge on any atom is -0.338 e. The fraction of sp³-hybridized carbons (Fsp3) is 0.556. The van der Waals surface area contributed by atoms with E-state index in [9.17, 15) is 13.6 Å². The van der Waals surface area contributed by atoms with Crippen molar-refractivity contribution in [3.05, 3.63) is 17.5 Å². The summed E-state index contributed by atoms with van der Waals surface area (Å²) >= 11 is 0. The maximum absolute atomic E-state index is 13.6. The van der Waals surface area contributed by atoms with E-state index in [4.69, 9.17) is 0 Å². The zero-order chi connectivity index (χ0) is 11.2. The number of hydrogen-bond donors (Lipinski definition) is 0. The Balaban J connectivity index is 2.51. The molecule has 6 heteroatoms. The number of carbonyl (C=O) groups is 1. The number of alkyl halides is 2. The summed E-state index contributed by atoms with van der Waals surface area (Å²) < 4.78 is 28.4. The van der Waals surface area contributed by atoms with Crippen molar-refractivity contribution in [3.63, 3.8) is 0 Å². The molecule has 1 aliphatic heterocycles. The molecule has 0 saturated carbocycles. The standard InChI is InChI=1S/C9H11F2N3O/c1-6-3-7-9(10,11)5-13(2)8(15)4-14(7)12-6/h3H,4-5H2,1-2H3. The smallest absolute Gasteiger partial charge is 0.306 e. The van der Waals surface area contributed by atoms with E-state index < -0.39 is 12.5 Å². The molecule has 82 valence electrons. The molecule has 0 aromatic carbocycles. The first-order valence-electron chi connectivity index (χ1n) is 4.57. The van der Waals surface area contributed by atoms with Gasteiger partial charge in [-0.25, -0.2) is 0 Å². The van der Waals surface area contributed by atoms with E-state index in [0.717, 1.165) is 9.58 Å². The summed E-state index contributed by atoms with van der Waals surface area (Å²) in [4.78, 5) is 12.4. The molecule has 2 rings (SSSR count). The lowest BCUT2D eigenvalue weighted by Crippen LogP contribution is -2.34. The highest BCUT2D eigenvalue weighted by Gasteiger charge is 2.41. The van der Waals surface area contributed by atoms with E-state index >= 15 is 0 Å². The molecule has 0 spiro atoms. The largest absolute Gasteiger partial charge is 0.338 e. The Morgan fingerprint density at radius 3 is 2.87 bits per heavy atom. The van der Waals surface area contributed by atoms with E-state index in [1.165, 1.54) is 13.1 Å². The SMILES string of the molecule is Cc1cc2n(n1)CC(=O)N(C)CC2(F)F.